The van der Waals surface area contributed by atoms with Crippen molar-refractivity contribution in [2.75, 3.05) is 27.4 Å². The van der Waals surface area contributed by atoms with E-state index in [0.29, 0.717) is 13.2 Å². The predicted molar refractivity (Wildman–Crippen MR) is 136 cm³/mol. The smallest absolute Gasteiger partial charge is 0.161 e. The Kier molecular flexibility index (Phi) is 6.57. The molecule has 0 amide bonds. The lowest BCUT2D eigenvalue weighted by Crippen LogP contribution is -2.15. The van der Waals surface area contributed by atoms with Gasteiger partial charge in [-0.25, -0.2) is 0 Å². The fourth-order valence-electron chi connectivity index (χ4n) is 4.62. The molecule has 1 heterocycles. The number of aryl methyl sites for hydroxylation is 4. The molecule has 0 atom stereocenters. The lowest BCUT2D eigenvalue weighted by atomic mass is 9.96. The van der Waals surface area contributed by atoms with Crippen molar-refractivity contribution in [3.05, 3.63) is 95.1 Å². The van der Waals surface area contributed by atoms with Gasteiger partial charge < -0.3 is 18.9 Å². The van der Waals surface area contributed by atoms with Crippen LogP contribution >= 0.6 is 0 Å². The molecule has 4 aromatic rings. The van der Waals surface area contributed by atoms with Gasteiger partial charge in [0.2, 0.25) is 0 Å². The maximum absolute atomic E-state index is 5.74. The minimum atomic E-state index is 0.601. The Balaban J connectivity index is 1.34. The lowest BCUT2D eigenvalue weighted by Gasteiger charge is -2.19. The van der Waals surface area contributed by atoms with E-state index in [-0.39, 0.29) is 0 Å². The van der Waals surface area contributed by atoms with Gasteiger partial charge in [-0.1, -0.05) is 48.5 Å². The quantitative estimate of drug-likeness (QED) is 0.318. The van der Waals surface area contributed by atoms with Crippen molar-refractivity contribution in [2.24, 2.45) is 0 Å². The monoisotopic (exact) mass is 454 g/mol. The SMILES string of the molecule is COc1cc(OC)c(CCc2ccc3ccccc3c2)cc1CCc1ccc2c(c1)OCCO2. The molecule has 0 radical (unpaired) electrons. The summed E-state index contributed by atoms with van der Waals surface area (Å²) in [6.45, 7) is 1.21. The summed E-state index contributed by atoms with van der Waals surface area (Å²) in [4.78, 5) is 0. The van der Waals surface area contributed by atoms with E-state index < -0.39 is 0 Å². The van der Waals surface area contributed by atoms with E-state index in [1.807, 2.05) is 12.1 Å². The summed E-state index contributed by atoms with van der Waals surface area (Å²) in [6, 6.07) is 25.7. The van der Waals surface area contributed by atoms with Gasteiger partial charge in [0, 0.05) is 6.07 Å². The third kappa shape index (κ3) is 4.81. The fourth-order valence-corrected chi connectivity index (χ4v) is 4.62. The molecule has 0 spiro atoms. The summed E-state index contributed by atoms with van der Waals surface area (Å²) >= 11 is 0. The maximum atomic E-state index is 5.74. The standard InChI is InChI=1S/C30H30O4/c1-31-28-20-29(32-2)26(13-9-22-10-14-27-30(18-22)34-16-15-33-27)19-25(28)12-8-21-7-11-23-5-3-4-6-24(23)17-21/h3-7,10-11,14,17-20H,8-9,12-13,15-16H2,1-2H3. The highest BCUT2D eigenvalue weighted by atomic mass is 16.6. The van der Waals surface area contributed by atoms with Gasteiger partial charge in [0.25, 0.3) is 0 Å². The van der Waals surface area contributed by atoms with Crippen LogP contribution in [-0.4, -0.2) is 27.4 Å². The number of rotatable bonds is 8. The van der Waals surface area contributed by atoms with Crippen LogP contribution in [-0.2, 0) is 25.7 Å². The van der Waals surface area contributed by atoms with Crippen LogP contribution in [0.3, 0.4) is 0 Å². The molecule has 0 saturated heterocycles. The van der Waals surface area contributed by atoms with Gasteiger partial charge in [-0.3, -0.25) is 0 Å². The van der Waals surface area contributed by atoms with Gasteiger partial charge in [0.05, 0.1) is 14.2 Å². The molecule has 4 nitrogen and oxygen atoms in total. The first kappa shape index (κ1) is 22.1. The molecule has 0 aliphatic carbocycles. The van der Waals surface area contributed by atoms with Crippen molar-refractivity contribution in [3.8, 4) is 23.0 Å². The van der Waals surface area contributed by atoms with Crippen molar-refractivity contribution >= 4 is 10.8 Å². The molecule has 34 heavy (non-hydrogen) atoms. The Labute approximate surface area is 201 Å². The zero-order valence-corrected chi connectivity index (χ0v) is 19.8. The summed E-state index contributed by atoms with van der Waals surface area (Å²) in [5.74, 6) is 3.40. The van der Waals surface area contributed by atoms with E-state index in [0.717, 1.165) is 48.7 Å². The molecule has 4 aromatic carbocycles. The molecular weight excluding hydrogens is 424 g/mol. The third-order valence-electron chi connectivity index (χ3n) is 6.47. The van der Waals surface area contributed by atoms with E-state index in [4.69, 9.17) is 18.9 Å². The maximum Gasteiger partial charge on any atom is 0.161 e. The van der Waals surface area contributed by atoms with Crippen LogP contribution < -0.4 is 18.9 Å². The highest BCUT2D eigenvalue weighted by molar-refractivity contribution is 5.83. The van der Waals surface area contributed by atoms with E-state index in [9.17, 15) is 0 Å². The largest absolute Gasteiger partial charge is 0.496 e. The van der Waals surface area contributed by atoms with Crippen molar-refractivity contribution in [3.63, 3.8) is 0 Å². The van der Waals surface area contributed by atoms with Crippen LogP contribution in [0, 0.1) is 0 Å². The summed E-state index contributed by atoms with van der Waals surface area (Å²) in [5, 5.41) is 2.55. The molecule has 0 bridgehead atoms. The number of ether oxygens (including phenoxy) is 4. The normalized spacial score (nSPS) is 12.5. The van der Waals surface area contributed by atoms with Crippen LogP contribution in [0.2, 0.25) is 0 Å². The molecule has 5 rings (SSSR count). The summed E-state index contributed by atoms with van der Waals surface area (Å²) in [6.07, 6.45) is 3.62. The Bertz CT molecular complexity index is 1290. The topological polar surface area (TPSA) is 36.9 Å². The zero-order valence-electron chi connectivity index (χ0n) is 19.8. The van der Waals surface area contributed by atoms with Crippen LogP contribution in [0.4, 0.5) is 0 Å². The van der Waals surface area contributed by atoms with Crippen LogP contribution in [0.5, 0.6) is 23.0 Å². The first-order chi connectivity index (χ1) is 16.7. The molecule has 0 unspecified atom stereocenters. The Morgan fingerprint density at radius 1 is 0.588 bits per heavy atom. The van der Waals surface area contributed by atoms with Crippen molar-refractivity contribution in [1.29, 1.82) is 0 Å². The first-order valence-electron chi connectivity index (χ1n) is 11.8. The Hall–Kier alpha value is -3.66. The van der Waals surface area contributed by atoms with Crippen molar-refractivity contribution < 1.29 is 18.9 Å². The number of hydrogen-bond donors (Lipinski definition) is 0. The van der Waals surface area contributed by atoms with E-state index in [2.05, 4.69) is 60.7 Å². The molecule has 0 fully saturated rings. The summed E-state index contributed by atoms with van der Waals surface area (Å²) < 4.78 is 22.8. The van der Waals surface area contributed by atoms with Gasteiger partial charge >= 0.3 is 0 Å². The average Bonchev–Trinajstić information content (AvgIpc) is 2.90. The van der Waals surface area contributed by atoms with Gasteiger partial charge in [-0.15, -0.1) is 0 Å². The predicted octanol–water partition coefficient (Wildman–Crippen LogP) is 6.20. The summed E-state index contributed by atoms with van der Waals surface area (Å²) in [5.41, 5.74) is 4.94. The summed E-state index contributed by atoms with van der Waals surface area (Å²) in [7, 11) is 3.44. The third-order valence-corrected chi connectivity index (χ3v) is 6.47. The Morgan fingerprint density at radius 2 is 1.21 bits per heavy atom. The highest BCUT2D eigenvalue weighted by Crippen LogP contribution is 2.33. The zero-order chi connectivity index (χ0) is 23.3. The van der Waals surface area contributed by atoms with Crippen LogP contribution in [0.15, 0.2) is 72.8 Å². The molecule has 4 heteroatoms. The second-order valence-corrected chi connectivity index (χ2v) is 8.64. The molecular formula is C30H30O4. The van der Waals surface area contributed by atoms with Crippen molar-refractivity contribution in [2.45, 2.75) is 25.7 Å². The first-order valence-corrected chi connectivity index (χ1v) is 11.8. The molecule has 0 saturated carbocycles. The second-order valence-electron chi connectivity index (χ2n) is 8.64. The van der Waals surface area contributed by atoms with Gasteiger partial charge in [-0.05, 0) is 76.9 Å². The van der Waals surface area contributed by atoms with E-state index >= 15 is 0 Å². The van der Waals surface area contributed by atoms with Gasteiger partial charge in [0.1, 0.15) is 24.7 Å². The molecule has 0 N–H and O–H groups in total. The minimum absolute atomic E-state index is 0.601. The van der Waals surface area contributed by atoms with E-state index in [1.165, 1.54) is 33.0 Å². The molecule has 1 aliphatic heterocycles. The number of fused-ring (bicyclic) bond motifs is 2. The van der Waals surface area contributed by atoms with Gasteiger partial charge in [0.15, 0.2) is 11.5 Å². The van der Waals surface area contributed by atoms with Crippen LogP contribution in [0.1, 0.15) is 22.3 Å². The number of hydrogen-bond acceptors (Lipinski definition) is 4. The minimum Gasteiger partial charge on any atom is -0.496 e. The Morgan fingerprint density at radius 3 is 1.91 bits per heavy atom. The fraction of sp³-hybridized carbons (Fsp3) is 0.267. The number of methoxy groups -OCH3 is 2. The number of benzene rings is 4. The molecule has 174 valence electrons. The van der Waals surface area contributed by atoms with Gasteiger partial charge in [-0.2, -0.15) is 0 Å². The second kappa shape index (κ2) is 10.1. The van der Waals surface area contributed by atoms with Crippen LogP contribution in [0.25, 0.3) is 10.8 Å². The highest BCUT2D eigenvalue weighted by Gasteiger charge is 2.14. The molecule has 1 aliphatic rings. The molecule has 0 aromatic heterocycles. The van der Waals surface area contributed by atoms with Crippen molar-refractivity contribution in [1.82, 2.24) is 0 Å². The van der Waals surface area contributed by atoms with E-state index in [1.54, 1.807) is 14.2 Å². The lowest BCUT2D eigenvalue weighted by molar-refractivity contribution is 0.171. The average molecular weight is 455 g/mol.